The Morgan fingerprint density at radius 3 is 2.81 bits per heavy atom. The quantitative estimate of drug-likeness (QED) is 0.802. The molecule has 4 heteroatoms. The van der Waals surface area contributed by atoms with Gasteiger partial charge in [-0.15, -0.1) is 0 Å². The van der Waals surface area contributed by atoms with Crippen molar-refractivity contribution in [3.8, 4) is 5.75 Å². The molecule has 84 valence electrons. The molecule has 0 fully saturated rings. The molecule has 0 aliphatic rings. The highest BCUT2D eigenvalue weighted by atomic mass is 16.5. The minimum absolute atomic E-state index is 0.628. The maximum absolute atomic E-state index is 5.81. The molecule has 0 bridgehead atoms. The maximum atomic E-state index is 5.81. The first-order chi connectivity index (χ1) is 7.69. The van der Waals surface area contributed by atoms with Gasteiger partial charge in [-0.05, 0) is 24.6 Å². The third-order valence-electron chi connectivity index (χ3n) is 2.32. The number of aromatic nitrogens is 1. The van der Waals surface area contributed by atoms with Gasteiger partial charge in [-0.25, -0.2) is 4.98 Å². The van der Waals surface area contributed by atoms with Crippen molar-refractivity contribution in [3.05, 3.63) is 41.6 Å². The number of hydrogen-bond donors (Lipinski definition) is 1. The average Bonchev–Trinajstić information content (AvgIpc) is 2.64. The first kappa shape index (κ1) is 10.5. The molecule has 0 radical (unpaired) electrons. The fourth-order valence-corrected chi connectivity index (χ4v) is 1.55. The zero-order valence-electron chi connectivity index (χ0n) is 9.36. The van der Waals surface area contributed by atoms with Gasteiger partial charge in [-0.3, -0.25) is 0 Å². The number of oxazole rings is 1. The number of anilines is 1. The molecule has 0 unspecified atom stereocenters. The number of methoxy groups -OCH3 is 1. The Morgan fingerprint density at radius 1 is 1.44 bits per heavy atom. The Hall–Kier alpha value is -1.97. The van der Waals surface area contributed by atoms with E-state index in [2.05, 4.69) is 4.98 Å². The van der Waals surface area contributed by atoms with E-state index >= 15 is 0 Å². The second-order valence-corrected chi connectivity index (χ2v) is 3.64. The maximum Gasteiger partial charge on any atom is 0.198 e. The second kappa shape index (κ2) is 4.26. The average molecular weight is 218 g/mol. The van der Waals surface area contributed by atoms with Gasteiger partial charge in [0, 0.05) is 6.42 Å². The first-order valence-corrected chi connectivity index (χ1v) is 5.02. The van der Waals surface area contributed by atoms with E-state index in [9.17, 15) is 0 Å². The summed E-state index contributed by atoms with van der Waals surface area (Å²) < 4.78 is 10.4. The van der Waals surface area contributed by atoms with E-state index in [1.165, 1.54) is 0 Å². The largest absolute Gasteiger partial charge is 0.495 e. The van der Waals surface area contributed by atoms with Crippen LogP contribution >= 0.6 is 0 Å². The van der Waals surface area contributed by atoms with Gasteiger partial charge in [0.25, 0.3) is 0 Å². The Kier molecular flexibility index (Phi) is 2.81. The van der Waals surface area contributed by atoms with Crippen molar-refractivity contribution >= 4 is 5.69 Å². The molecular formula is C12H14N2O2. The van der Waals surface area contributed by atoms with Crippen molar-refractivity contribution in [2.75, 3.05) is 12.8 Å². The van der Waals surface area contributed by atoms with Gasteiger partial charge in [0.1, 0.15) is 12.0 Å². The summed E-state index contributed by atoms with van der Waals surface area (Å²) in [4.78, 5) is 4.24. The Labute approximate surface area is 94.1 Å². The third-order valence-corrected chi connectivity index (χ3v) is 2.32. The van der Waals surface area contributed by atoms with Crippen LogP contribution in [0.4, 0.5) is 5.69 Å². The molecule has 1 heterocycles. The number of aryl methyl sites for hydroxylation is 1. The number of nitrogens with two attached hydrogens (primary N) is 1. The summed E-state index contributed by atoms with van der Waals surface area (Å²) in [5.74, 6) is 1.38. The van der Waals surface area contributed by atoms with Gasteiger partial charge in [-0.2, -0.15) is 0 Å². The molecule has 1 aromatic heterocycles. The highest BCUT2D eigenvalue weighted by molar-refractivity contribution is 5.54. The van der Waals surface area contributed by atoms with Crippen molar-refractivity contribution in [2.24, 2.45) is 0 Å². The summed E-state index contributed by atoms with van der Waals surface area (Å²) in [6.07, 6.45) is 2.28. The van der Waals surface area contributed by atoms with Crippen LogP contribution in [0.5, 0.6) is 5.75 Å². The van der Waals surface area contributed by atoms with Gasteiger partial charge in [-0.1, -0.05) is 6.07 Å². The number of rotatable bonds is 3. The van der Waals surface area contributed by atoms with Crippen LogP contribution in [-0.4, -0.2) is 12.1 Å². The molecule has 16 heavy (non-hydrogen) atoms. The van der Waals surface area contributed by atoms with E-state index in [0.717, 1.165) is 11.3 Å². The molecule has 2 N–H and O–H groups in total. The second-order valence-electron chi connectivity index (χ2n) is 3.64. The lowest BCUT2D eigenvalue weighted by atomic mass is 10.1. The van der Waals surface area contributed by atoms with Crippen molar-refractivity contribution in [1.29, 1.82) is 0 Å². The lowest BCUT2D eigenvalue weighted by Crippen LogP contribution is -1.95. The van der Waals surface area contributed by atoms with Gasteiger partial charge in [0.15, 0.2) is 5.89 Å². The number of nitrogen functional groups attached to an aromatic ring is 1. The zero-order valence-corrected chi connectivity index (χ0v) is 9.36. The predicted octanol–water partition coefficient (Wildman–Crippen LogP) is 2.16. The number of nitrogens with zero attached hydrogens (tertiary/aromatic N) is 1. The molecule has 4 nitrogen and oxygen atoms in total. The molecule has 1 aromatic carbocycles. The van der Waals surface area contributed by atoms with Gasteiger partial charge < -0.3 is 14.9 Å². The molecule has 0 saturated heterocycles. The molecule has 2 rings (SSSR count). The predicted molar refractivity (Wildman–Crippen MR) is 61.5 cm³/mol. The van der Waals surface area contributed by atoms with E-state index in [0.29, 0.717) is 23.7 Å². The number of hydrogen-bond acceptors (Lipinski definition) is 4. The topological polar surface area (TPSA) is 61.3 Å². The van der Waals surface area contributed by atoms with E-state index in [1.54, 1.807) is 13.4 Å². The highest BCUT2D eigenvalue weighted by Gasteiger charge is 2.05. The van der Waals surface area contributed by atoms with E-state index in [1.807, 2.05) is 25.1 Å². The summed E-state index contributed by atoms with van der Waals surface area (Å²) >= 11 is 0. The van der Waals surface area contributed by atoms with Crippen molar-refractivity contribution < 1.29 is 9.15 Å². The minimum atomic E-state index is 0.628. The minimum Gasteiger partial charge on any atom is -0.495 e. The zero-order chi connectivity index (χ0) is 11.5. The Morgan fingerprint density at radius 2 is 2.25 bits per heavy atom. The Bertz CT molecular complexity index is 492. The normalized spacial score (nSPS) is 10.4. The molecule has 2 aromatic rings. The summed E-state index contributed by atoms with van der Waals surface area (Å²) in [7, 11) is 1.60. The molecule has 0 amide bonds. The van der Waals surface area contributed by atoms with Crippen LogP contribution in [0.25, 0.3) is 0 Å². The van der Waals surface area contributed by atoms with Crippen molar-refractivity contribution in [1.82, 2.24) is 4.98 Å². The molecular weight excluding hydrogens is 204 g/mol. The van der Waals surface area contributed by atoms with E-state index in [4.69, 9.17) is 14.9 Å². The van der Waals surface area contributed by atoms with E-state index < -0.39 is 0 Å². The standard InChI is InChI=1S/C12H14N2O2/c1-8-7-16-12(14-8)6-9-3-4-11(15-2)10(13)5-9/h3-5,7H,6,13H2,1-2H3. The summed E-state index contributed by atoms with van der Waals surface area (Å²) in [6, 6.07) is 5.67. The van der Waals surface area contributed by atoms with Crippen LogP contribution in [0.1, 0.15) is 17.1 Å². The molecule has 0 saturated carbocycles. The van der Waals surface area contributed by atoms with Gasteiger partial charge in [0.05, 0.1) is 18.5 Å². The van der Waals surface area contributed by atoms with Crippen LogP contribution in [0.2, 0.25) is 0 Å². The fraction of sp³-hybridized carbons (Fsp3) is 0.250. The molecule has 0 aliphatic carbocycles. The summed E-state index contributed by atoms with van der Waals surface area (Å²) in [5, 5.41) is 0. The van der Waals surface area contributed by atoms with Crippen molar-refractivity contribution in [3.63, 3.8) is 0 Å². The van der Waals surface area contributed by atoms with Crippen LogP contribution in [0.3, 0.4) is 0 Å². The summed E-state index contributed by atoms with van der Waals surface area (Å²) in [5.41, 5.74) is 8.38. The number of benzene rings is 1. The highest BCUT2D eigenvalue weighted by Crippen LogP contribution is 2.23. The lowest BCUT2D eigenvalue weighted by Gasteiger charge is -2.05. The smallest absolute Gasteiger partial charge is 0.198 e. The molecule has 0 atom stereocenters. The van der Waals surface area contributed by atoms with Crippen LogP contribution in [-0.2, 0) is 6.42 Å². The Balaban J connectivity index is 2.19. The number of ether oxygens (including phenoxy) is 1. The third kappa shape index (κ3) is 2.16. The van der Waals surface area contributed by atoms with Gasteiger partial charge >= 0.3 is 0 Å². The molecule has 0 aliphatic heterocycles. The van der Waals surface area contributed by atoms with Crippen LogP contribution in [0.15, 0.2) is 28.9 Å². The van der Waals surface area contributed by atoms with Crippen LogP contribution < -0.4 is 10.5 Å². The van der Waals surface area contributed by atoms with E-state index in [-0.39, 0.29) is 0 Å². The monoisotopic (exact) mass is 218 g/mol. The lowest BCUT2D eigenvalue weighted by molar-refractivity contribution is 0.417. The van der Waals surface area contributed by atoms with Gasteiger partial charge in [0.2, 0.25) is 0 Å². The SMILES string of the molecule is COc1ccc(Cc2nc(C)co2)cc1N. The molecule has 0 spiro atoms. The van der Waals surface area contributed by atoms with Crippen molar-refractivity contribution in [2.45, 2.75) is 13.3 Å². The summed E-state index contributed by atoms with van der Waals surface area (Å²) in [6.45, 7) is 1.90. The van der Waals surface area contributed by atoms with Crippen LogP contribution in [0, 0.1) is 6.92 Å². The fourth-order valence-electron chi connectivity index (χ4n) is 1.55. The first-order valence-electron chi connectivity index (χ1n) is 5.02.